The first-order chi connectivity index (χ1) is 11.0. The Morgan fingerprint density at radius 3 is 2.71 bits per heavy atom. The molecule has 0 bridgehead atoms. The Morgan fingerprint density at radius 1 is 1.38 bits per heavy atom. The summed E-state index contributed by atoms with van der Waals surface area (Å²) in [5.74, 6) is 0.379. The first kappa shape index (κ1) is 20.3. The van der Waals surface area contributed by atoms with Gasteiger partial charge in [-0.3, -0.25) is 9.59 Å². The Bertz CT molecular complexity index is 572. The van der Waals surface area contributed by atoms with Gasteiger partial charge in [-0.2, -0.15) is 0 Å². The molecule has 0 saturated carbocycles. The van der Waals surface area contributed by atoms with Crippen LogP contribution in [0.25, 0.3) is 0 Å². The van der Waals surface area contributed by atoms with Crippen LogP contribution in [0.1, 0.15) is 36.5 Å². The topological polar surface area (TPSA) is 70.7 Å². The molecule has 1 aromatic carbocycles. The smallest absolute Gasteiger partial charge is 0.253 e. The second-order valence-electron chi connectivity index (χ2n) is 5.89. The van der Waals surface area contributed by atoms with E-state index in [1.165, 1.54) is 4.90 Å². The lowest BCUT2D eigenvalue weighted by Crippen LogP contribution is -2.27. The van der Waals surface area contributed by atoms with E-state index in [0.29, 0.717) is 30.0 Å². The minimum Gasteiger partial charge on any atom is -0.492 e. The number of amides is 2. The molecule has 1 aliphatic heterocycles. The van der Waals surface area contributed by atoms with Gasteiger partial charge in [-0.05, 0) is 44.5 Å². The zero-order chi connectivity index (χ0) is 16.8. The van der Waals surface area contributed by atoms with Gasteiger partial charge in [-0.1, -0.05) is 0 Å². The van der Waals surface area contributed by atoms with Gasteiger partial charge in [-0.15, -0.1) is 12.4 Å². The van der Waals surface area contributed by atoms with Crippen molar-refractivity contribution in [3.05, 3.63) is 23.8 Å². The van der Waals surface area contributed by atoms with Crippen LogP contribution in [0.4, 0.5) is 5.69 Å². The van der Waals surface area contributed by atoms with Crippen LogP contribution in [0, 0.1) is 0 Å². The van der Waals surface area contributed by atoms with Gasteiger partial charge in [0.05, 0.1) is 12.3 Å². The molecule has 0 spiro atoms. The number of halogens is 1. The number of ether oxygens (including phenoxy) is 1. The fourth-order valence-electron chi connectivity index (χ4n) is 2.65. The summed E-state index contributed by atoms with van der Waals surface area (Å²) in [5, 5.41) is 6.20. The van der Waals surface area contributed by atoms with Crippen LogP contribution in [0.3, 0.4) is 0 Å². The summed E-state index contributed by atoms with van der Waals surface area (Å²) >= 11 is 0. The van der Waals surface area contributed by atoms with Gasteiger partial charge >= 0.3 is 0 Å². The highest BCUT2D eigenvalue weighted by molar-refractivity contribution is 5.97. The molecule has 2 rings (SSSR count). The number of nitrogens with one attached hydrogen (secondary N) is 2. The maximum atomic E-state index is 12.2. The Balaban J connectivity index is 0.00000288. The van der Waals surface area contributed by atoms with Gasteiger partial charge in [-0.25, -0.2) is 0 Å². The van der Waals surface area contributed by atoms with E-state index >= 15 is 0 Å². The second-order valence-corrected chi connectivity index (χ2v) is 5.89. The van der Waals surface area contributed by atoms with Crippen molar-refractivity contribution in [3.8, 4) is 5.75 Å². The summed E-state index contributed by atoms with van der Waals surface area (Å²) in [4.78, 5) is 25.7. The lowest BCUT2D eigenvalue weighted by atomic mass is 10.1. The van der Waals surface area contributed by atoms with Crippen molar-refractivity contribution < 1.29 is 14.3 Å². The summed E-state index contributed by atoms with van der Waals surface area (Å²) in [7, 11) is 3.40. The maximum absolute atomic E-state index is 12.2. The van der Waals surface area contributed by atoms with E-state index in [9.17, 15) is 9.59 Å². The highest BCUT2D eigenvalue weighted by Crippen LogP contribution is 2.27. The minimum atomic E-state index is -0.0982. The first-order valence-corrected chi connectivity index (χ1v) is 8.03. The van der Waals surface area contributed by atoms with Crippen molar-refractivity contribution in [1.82, 2.24) is 10.2 Å². The summed E-state index contributed by atoms with van der Waals surface area (Å²) in [6.45, 7) is 3.31. The Labute approximate surface area is 149 Å². The summed E-state index contributed by atoms with van der Waals surface area (Å²) in [6, 6.07) is 5.35. The number of carbonyl (C=O) groups is 2. The minimum absolute atomic E-state index is 0. The van der Waals surface area contributed by atoms with Crippen molar-refractivity contribution in [2.75, 3.05) is 32.6 Å². The lowest BCUT2D eigenvalue weighted by Gasteiger charge is -2.16. The third kappa shape index (κ3) is 5.39. The molecule has 6 nitrogen and oxygen atoms in total. The van der Waals surface area contributed by atoms with Gasteiger partial charge in [0.15, 0.2) is 0 Å². The van der Waals surface area contributed by atoms with Crippen LogP contribution < -0.4 is 15.4 Å². The summed E-state index contributed by atoms with van der Waals surface area (Å²) < 4.78 is 5.58. The van der Waals surface area contributed by atoms with Gasteiger partial charge in [0.25, 0.3) is 5.91 Å². The van der Waals surface area contributed by atoms with Crippen LogP contribution in [-0.2, 0) is 4.79 Å². The standard InChI is InChI=1S/C17H25N3O3.ClH/c1-4-23-15-10-12(17(22)20(2)3)7-8-14(15)19-16(21)11-13-6-5-9-18-13;/h7-8,10,13,18H,4-6,9,11H2,1-3H3,(H,19,21);1H. The molecule has 24 heavy (non-hydrogen) atoms. The molecule has 1 fully saturated rings. The van der Waals surface area contributed by atoms with E-state index in [1.54, 1.807) is 32.3 Å². The fourth-order valence-corrected chi connectivity index (χ4v) is 2.65. The van der Waals surface area contributed by atoms with Crippen LogP contribution in [0.2, 0.25) is 0 Å². The van der Waals surface area contributed by atoms with E-state index in [0.717, 1.165) is 19.4 Å². The molecule has 134 valence electrons. The lowest BCUT2D eigenvalue weighted by molar-refractivity contribution is -0.116. The molecule has 1 aliphatic rings. The number of hydrogen-bond acceptors (Lipinski definition) is 4. The molecular weight excluding hydrogens is 330 g/mol. The number of hydrogen-bond donors (Lipinski definition) is 2. The largest absolute Gasteiger partial charge is 0.492 e. The summed E-state index contributed by atoms with van der Waals surface area (Å²) in [5.41, 5.74) is 1.14. The Kier molecular flexibility index (Phi) is 8.01. The Morgan fingerprint density at radius 2 is 2.12 bits per heavy atom. The van der Waals surface area contributed by atoms with E-state index in [-0.39, 0.29) is 30.3 Å². The third-order valence-corrected chi connectivity index (χ3v) is 3.80. The monoisotopic (exact) mass is 355 g/mol. The second kappa shape index (κ2) is 9.49. The van der Waals surface area contributed by atoms with Crippen LogP contribution >= 0.6 is 12.4 Å². The summed E-state index contributed by atoms with van der Waals surface area (Å²) in [6.07, 6.45) is 2.59. The number of benzene rings is 1. The third-order valence-electron chi connectivity index (χ3n) is 3.80. The van der Waals surface area contributed by atoms with Gasteiger partial charge in [0.2, 0.25) is 5.91 Å². The van der Waals surface area contributed by atoms with Crippen molar-refractivity contribution in [1.29, 1.82) is 0 Å². The number of carbonyl (C=O) groups excluding carboxylic acids is 2. The predicted octanol–water partition coefficient (Wildman–Crippen LogP) is 2.29. The highest BCUT2D eigenvalue weighted by atomic mass is 35.5. The first-order valence-electron chi connectivity index (χ1n) is 8.03. The molecule has 0 aromatic heterocycles. The molecule has 7 heteroatoms. The van der Waals surface area contributed by atoms with Gasteiger partial charge in [0.1, 0.15) is 5.75 Å². The molecule has 1 aromatic rings. The molecule has 0 radical (unpaired) electrons. The van der Waals surface area contributed by atoms with Crippen molar-refractivity contribution in [3.63, 3.8) is 0 Å². The average molecular weight is 356 g/mol. The fraction of sp³-hybridized carbons (Fsp3) is 0.529. The molecule has 1 unspecified atom stereocenters. The zero-order valence-electron chi connectivity index (χ0n) is 14.4. The quantitative estimate of drug-likeness (QED) is 0.821. The predicted molar refractivity (Wildman–Crippen MR) is 97.1 cm³/mol. The number of rotatable bonds is 6. The van der Waals surface area contributed by atoms with Crippen molar-refractivity contribution >= 4 is 29.9 Å². The highest BCUT2D eigenvalue weighted by Gasteiger charge is 2.19. The molecule has 1 atom stereocenters. The molecular formula is C17H26ClN3O3. The maximum Gasteiger partial charge on any atom is 0.253 e. The van der Waals surface area contributed by atoms with Gasteiger partial charge in [0, 0.05) is 32.1 Å². The SMILES string of the molecule is CCOc1cc(C(=O)N(C)C)ccc1NC(=O)CC1CCCN1.Cl. The molecule has 1 saturated heterocycles. The van der Waals surface area contributed by atoms with E-state index < -0.39 is 0 Å². The van der Waals surface area contributed by atoms with Crippen molar-refractivity contribution in [2.24, 2.45) is 0 Å². The van der Waals surface area contributed by atoms with Crippen LogP contribution in [0.5, 0.6) is 5.75 Å². The molecule has 2 N–H and O–H groups in total. The zero-order valence-corrected chi connectivity index (χ0v) is 15.2. The molecule has 1 heterocycles. The number of nitrogens with zero attached hydrogens (tertiary/aromatic N) is 1. The van der Waals surface area contributed by atoms with Crippen molar-refractivity contribution in [2.45, 2.75) is 32.2 Å². The normalized spacial score (nSPS) is 16.2. The van der Waals surface area contributed by atoms with E-state index in [2.05, 4.69) is 10.6 Å². The average Bonchev–Trinajstić information content (AvgIpc) is 3.01. The molecule has 0 aliphatic carbocycles. The van der Waals surface area contributed by atoms with Crippen LogP contribution in [-0.4, -0.2) is 50.0 Å². The Hall–Kier alpha value is -1.79. The van der Waals surface area contributed by atoms with Crippen LogP contribution in [0.15, 0.2) is 18.2 Å². The van der Waals surface area contributed by atoms with Gasteiger partial charge < -0.3 is 20.3 Å². The number of anilines is 1. The van der Waals surface area contributed by atoms with E-state index in [1.807, 2.05) is 6.92 Å². The molecule has 2 amide bonds. The van der Waals surface area contributed by atoms with E-state index in [4.69, 9.17) is 4.74 Å².